The van der Waals surface area contributed by atoms with Crippen LogP contribution >= 0.6 is 46.9 Å². The van der Waals surface area contributed by atoms with Gasteiger partial charge in [0.05, 0.1) is 86.7 Å². The van der Waals surface area contributed by atoms with Crippen molar-refractivity contribution in [3.8, 4) is 17.2 Å². The minimum Gasteiger partial charge on any atom is -0.493 e. The number of amides is 7. The minimum atomic E-state index is -4.39. The molecule has 3 aromatic carbocycles. The highest BCUT2D eigenvalue weighted by Crippen LogP contribution is 2.44. The molecule has 30 nitrogen and oxygen atoms in total. The summed E-state index contributed by atoms with van der Waals surface area (Å²) in [5, 5.41) is 23.9. The Balaban J connectivity index is 0.837. The third kappa shape index (κ3) is 24.0. The summed E-state index contributed by atoms with van der Waals surface area (Å²) in [6.45, 7) is 21.3. The molecule has 9 rings (SSSR count). The molecule has 12 atom stereocenters. The van der Waals surface area contributed by atoms with Crippen LogP contribution in [-0.4, -0.2) is 230 Å². The number of anilines is 2. The number of aryl methyl sites for hydroxylation is 2. The maximum atomic E-state index is 14.9. The molecule has 648 valence electrons. The molecule has 0 bridgehead atoms. The summed E-state index contributed by atoms with van der Waals surface area (Å²) >= 11 is 4.87. The molecule has 7 amide bonds. The number of thioether (sulfide) groups is 2. The maximum absolute atomic E-state index is 14.9. The fourth-order valence-electron chi connectivity index (χ4n) is 15.3. The number of benzene rings is 3. The number of Topliss-reactive ketones (excluding diaryl/α,β-unsaturated/α-hetero) is 1. The summed E-state index contributed by atoms with van der Waals surface area (Å²) in [6.07, 6.45) is 5.91. The number of ketones is 1. The number of ether oxygens (including phenoxy) is 4. The van der Waals surface area contributed by atoms with Crippen LogP contribution in [0.2, 0.25) is 0 Å². The molecule has 0 aliphatic carbocycles. The number of carbonyl (C=O) groups is 9. The van der Waals surface area contributed by atoms with Gasteiger partial charge in [0.1, 0.15) is 33.7 Å². The number of unbranched alkanes of at least 4 members (excludes halogenated alkanes) is 2. The molecule has 35 heteroatoms. The Morgan fingerprint density at radius 3 is 2.04 bits per heavy atom. The van der Waals surface area contributed by atoms with Gasteiger partial charge in [0.2, 0.25) is 11.8 Å². The van der Waals surface area contributed by atoms with Crippen LogP contribution in [-0.2, 0) is 68.5 Å². The molecule has 5 aliphatic rings. The zero-order valence-corrected chi connectivity index (χ0v) is 74.7. The predicted molar refractivity (Wildman–Crippen MR) is 456 cm³/mol. The van der Waals surface area contributed by atoms with E-state index >= 15 is 0 Å². The van der Waals surface area contributed by atoms with Crippen molar-refractivity contribution in [2.24, 2.45) is 29.6 Å². The number of hydrazine groups is 1. The zero-order valence-electron chi connectivity index (χ0n) is 70.7. The number of carbonyl (C=O) groups excluding carboxylic acids is 9. The minimum absolute atomic E-state index is 0.0463. The Bertz CT molecular complexity index is 4380. The number of likely N-dealkylation sites (N-methyl/N-ethyl adjacent to an activating group) is 2. The molecule has 2 saturated heterocycles. The topological polar surface area (TPSA) is 342 Å². The average molecular weight is 1730 g/mol. The number of aromatic nitrogens is 1. The standard InChI is InChI=1S/C83H117N11O19S5/c1-18-52(6)74(88-82(103)83(10,11)89(12)13)81(102)90(14)64(49(2)3)44-71(111-55(9)95)77-86-63(47-116-77)75(99)84-58(39-56-24-22-50(4)23-25-56)37-53(7)67(96)27-31-94-73(98)29-35-115-48-114-34-28-72(97)93(94)30-26-57-40-66-78(118(104,105)108-17)87-62-42-68(54(8)38-59(62)79(100)92(66)46-57)109-32-20-19-21-33-110-70-43-61-60(41-69(70)106-15)80(101)91-45-51(5)36-65(91)76(85-61)117-113-112-107-16/h22-25,28-29,34-35,38,41-43,47,49,51-53,57-58,64-66,71,74,76,78,85,87H,18-21,26-27,30-33,36-37,39-40,44-46,48H2,1-17H3,(H,84,99)(H,88,103)/t51?,52-,53?,57?,58+,64+,65-,66-,71+,74-,76?,78?/m0/s1. The maximum Gasteiger partial charge on any atom is 0.303 e. The Hall–Kier alpha value is -8.00. The molecule has 2 fully saturated rings. The van der Waals surface area contributed by atoms with Crippen molar-refractivity contribution in [2.45, 2.75) is 199 Å². The van der Waals surface area contributed by atoms with Gasteiger partial charge < -0.3 is 54.9 Å². The molecular formula is C83H117N11O19S5. The van der Waals surface area contributed by atoms with Crippen LogP contribution in [0.15, 0.2) is 76.9 Å². The van der Waals surface area contributed by atoms with E-state index in [1.165, 1.54) is 71.7 Å². The summed E-state index contributed by atoms with van der Waals surface area (Å²) in [6, 6.07) is 11.5. The van der Waals surface area contributed by atoms with Crippen LogP contribution in [0.25, 0.3) is 0 Å². The Labute approximate surface area is 710 Å². The van der Waals surface area contributed by atoms with E-state index in [0.717, 1.165) is 48.0 Å². The predicted octanol–water partition coefficient (Wildman–Crippen LogP) is 11.5. The van der Waals surface area contributed by atoms with Crippen molar-refractivity contribution in [3.05, 3.63) is 115 Å². The fraction of sp³-hybridized carbons (Fsp3) is 0.590. The normalized spacial score (nSPS) is 20.5. The first-order valence-electron chi connectivity index (χ1n) is 40.1. The van der Waals surface area contributed by atoms with Gasteiger partial charge in [-0.15, -0.1) is 39.2 Å². The number of thiazole rings is 1. The van der Waals surface area contributed by atoms with E-state index in [9.17, 15) is 51.6 Å². The van der Waals surface area contributed by atoms with E-state index in [0.29, 0.717) is 89.4 Å². The highest BCUT2D eigenvalue weighted by molar-refractivity contribution is 8.18. The second-order valence-corrected chi connectivity index (χ2v) is 37.8. The molecule has 4 N–H and O–H groups in total. The van der Waals surface area contributed by atoms with Crippen LogP contribution < -0.4 is 35.5 Å². The molecular weight excluding hydrogens is 1620 g/mol. The fourth-order valence-corrected chi connectivity index (χ4v) is 19.3. The highest BCUT2D eigenvalue weighted by atomic mass is 32.2. The van der Waals surface area contributed by atoms with E-state index in [1.54, 1.807) is 92.2 Å². The smallest absolute Gasteiger partial charge is 0.303 e. The van der Waals surface area contributed by atoms with Crippen LogP contribution in [0, 0.1) is 43.4 Å². The molecule has 5 unspecified atom stereocenters. The lowest BCUT2D eigenvalue weighted by molar-refractivity contribution is -0.447. The lowest BCUT2D eigenvalue weighted by atomic mass is 9.91. The van der Waals surface area contributed by atoms with Crippen LogP contribution in [0.3, 0.4) is 0 Å². The summed E-state index contributed by atoms with van der Waals surface area (Å²) in [4.78, 5) is 144. The van der Waals surface area contributed by atoms with Crippen LogP contribution in [0.1, 0.15) is 186 Å². The van der Waals surface area contributed by atoms with E-state index in [4.69, 9.17) is 37.5 Å². The number of esters is 1. The van der Waals surface area contributed by atoms with Crippen molar-refractivity contribution < 1.29 is 89.0 Å². The quantitative estimate of drug-likeness (QED) is 0.00802. The van der Waals surface area contributed by atoms with Gasteiger partial charge in [0.25, 0.3) is 39.7 Å². The van der Waals surface area contributed by atoms with Gasteiger partial charge in [0, 0.05) is 106 Å². The summed E-state index contributed by atoms with van der Waals surface area (Å²) < 4.78 is 62.7. The van der Waals surface area contributed by atoms with Gasteiger partial charge in [-0.05, 0) is 151 Å². The van der Waals surface area contributed by atoms with E-state index < -0.39 is 86.8 Å². The lowest BCUT2D eigenvalue weighted by Crippen LogP contribution is -2.60. The number of methoxy groups -OCH3 is 1. The third-order valence-electron chi connectivity index (χ3n) is 22.8. The van der Waals surface area contributed by atoms with Crippen molar-refractivity contribution in [3.63, 3.8) is 0 Å². The van der Waals surface area contributed by atoms with Gasteiger partial charge in [-0.2, -0.15) is 8.42 Å². The first-order valence-corrected chi connectivity index (χ1v) is 45.4. The molecule has 5 aliphatic heterocycles. The van der Waals surface area contributed by atoms with E-state index in [-0.39, 0.29) is 134 Å². The zero-order chi connectivity index (χ0) is 86.0. The number of fused-ring (bicyclic) bond motifs is 4. The Kier molecular flexibility index (Phi) is 34.2. The Morgan fingerprint density at radius 2 is 1.42 bits per heavy atom. The number of nitrogens with zero attached hydrogens (tertiary/aromatic N) is 7. The summed E-state index contributed by atoms with van der Waals surface area (Å²) in [7, 11) is 4.82. The molecule has 4 aromatic rings. The number of nitrogens with one attached hydrogen (secondary N) is 4. The lowest BCUT2D eigenvalue weighted by Gasteiger charge is -2.38. The van der Waals surface area contributed by atoms with Crippen molar-refractivity contribution in [1.82, 2.24) is 45.2 Å². The number of rotatable bonds is 40. The van der Waals surface area contributed by atoms with Gasteiger partial charge in [0.15, 0.2) is 23.0 Å². The van der Waals surface area contributed by atoms with Crippen LogP contribution in [0.4, 0.5) is 11.4 Å². The largest absolute Gasteiger partial charge is 0.493 e. The van der Waals surface area contributed by atoms with E-state index in [2.05, 4.69) is 33.1 Å². The molecule has 0 saturated carbocycles. The van der Waals surface area contributed by atoms with Crippen molar-refractivity contribution in [1.29, 1.82) is 0 Å². The number of hydrogen-bond donors (Lipinski definition) is 4. The van der Waals surface area contributed by atoms with Gasteiger partial charge in [-0.25, -0.2) is 19.9 Å². The van der Waals surface area contributed by atoms with E-state index in [1.807, 2.05) is 70.7 Å². The Morgan fingerprint density at radius 1 is 0.780 bits per heavy atom. The van der Waals surface area contributed by atoms with Gasteiger partial charge in [-0.3, -0.25) is 52.2 Å². The third-order valence-corrected chi connectivity index (χ3v) is 27.8. The molecule has 1 aromatic heterocycles. The second-order valence-electron chi connectivity index (χ2n) is 32.1. The monoisotopic (exact) mass is 1730 g/mol. The molecule has 0 spiro atoms. The molecule has 6 heterocycles. The van der Waals surface area contributed by atoms with Crippen LogP contribution in [0.5, 0.6) is 17.2 Å². The first kappa shape index (κ1) is 93.9. The van der Waals surface area contributed by atoms with Gasteiger partial charge >= 0.3 is 5.97 Å². The van der Waals surface area contributed by atoms with Crippen molar-refractivity contribution in [2.75, 3.05) is 97.6 Å². The average Bonchev–Trinajstić information content (AvgIpc) is 1.61. The summed E-state index contributed by atoms with van der Waals surface area (Å²) in [5.41, 5.74) is 3.18. The number of hydrogen-bond acceptors (Lipinski definition) is 27. The second kappa shape index (κ2) is 43.0. The van der Waals surface area contributed by atoms with Crippen molar-refractivity contribution >= 4 is 121 Å². The molecule has 0 radical (unpaired) electrons. The van der Waals surface area contributed by atoms with Gasteiger partial charge in [-0.1, -0.05) is 82.8 Å². The summed E-state index contributed by atoms with van der Waals surface area (Å²) in [5.74, 6) is -3.48. The molecule has 118 heavy (non-hydrogen) atoms. The first-order chi connectivity index (χ1) is 56.1. The highest BCUT2D eigenvalue weighted by Gasteiger charge is 2.50. The SMILES string of the molecule is CC[C@H](C)[C@H](NC(=O)C(C)(C)N(C)C)C(=O)N(C)[C@H](C[C@@H](OC(C)=O)c1nc(C(=O)N[C@@H](Cc2ccc(C)cc2)CC(C)C(=O)CCN2C(=O)C=CSCSC=CC(=O)N2CCC2C[C@H]3C(S(=O)(=O)OC)Nc4cc(OCCCCCOc5cc6c(cc5OC)C(=O)N5CC(C)C[C@H]5C(SOOOC)N6)c(C)cc4C(=O)N3C2)cs1)C(C)C.